The summed E-state index contributed by atoms with van der Waals surface area (Å²) in [6, 6.07) is 10.4. The maximum atomic E-state index is 12.0. The van der Waals surface area contributed by atoms with Crippen molar-refractivity contribution in [3.63, 3.8) is 0 Å². The van der Waals surface area contributed by atoms with Gasteiger partial charge in [-0.2, -0.15) is 0 Å². The smallest absolute Gasteiger partial charge is 0.310 e. The van der Waals surface area contributed by atoms with Crippen molar-refractivity contribution in [1.82, 2.24) is 10.2 Å². The van der Waals surface area contributed by atoms with Gasteiger partial charge < -0.3 is 15.0 Å². The number of hydrogen-bond donors (Lipinski definition) is 1. The minimum Gasteiger partial charge on any atom is -0.461 e. The first kappa shape index (κ1) is 16.0. The number of nitrogens with one attached hydrogen (secondary N) is 1. The second kappa shape index (κ2) is 8.15. The van der Waals surface area contributed by atoms with Crippen LogP contribution in [0.4, 0.5) is 0 Å². The summed E-state index contributed by atoms with van der Waals surface area (Å²) in [5.74, 6) is -0.217. The zero-order valence-electron chi connectivity index (χ0n) is 13.0. The minimum absolute atomic E-state index is 0.0971. The van der Waals surface area contributed by atoms with Gasteiger partial charge in [-0.1, -0.05) is 37.3 Å². The maximum Gasteiger partial charge on any atom is 0.310 e. The Kier molecular flexibility index (Phi) is 6.21. The number of ether oxygens (including phenoxy) is 1. The van der Waals surface area contributed by atoms with Gasteiger partial charge in [-0.3, -0.25) is 4.79 Å². The van der Waals surface area contributed by atoms with Crippen LogP contribution in [0.2, 0.25) is 0 Å². The highest BCUT2D eigenvalue weighted by Gasteiger charge is 2.20. The van der Waals surface area contributed by atoms with Crippen molar-refractivity contribution in [3.05, 3.63) is 35.9 Å². The van der Waals surface area contributed by atoms with Gasteiger partial charge >= 0.3 is 5.97 Å². The Labute approximate surface area is 127 Å². The molecule has 1 aliphatic rings. The maximum absolute atomic E-state index is 12.0. The Morgan fingerprint density at radius 1 is 1.43 bits per heavy atom. The lowest BCUT2D eigenvalue weighted by Gasteiger charge is -2.23. The quantitative estimate of drug-likeness (QED) is 0.780. The summed E-state index contributed by atoms with van der Waals surface area (Å²) in [5.41, 5.74) is 1.03. The van der Waals surface area contributed by atoms with Crippen LogP contribution in [0.25, 0.3) is 0 Å². The summed E-state index contributed by atoms with van der Waals surface area (Å²) in [4.78, 5) is 14.2. The number of esters is 1. The average molecular weight is 290 g/mol. The zero-order valence-corrected chi connectivity index (χ0v) is 13.0. The molecule has 2 atom stereocenters. The first-order valence-corrected chi connectivity index (χ1v) is 7.77. The summed E-state index contributed by atoms with van der Waals surface area (Å²) in [6.45, 7) is 5.15. The highest BCUT2D eigenvalue weighted by Crippen LogP contribution is 2.09. The molecule has 1 aliphatic heterocycles. The van der Waals surface area contributed by atoms with Crippen molar-refractivity contribution in [2.45, 2.75) is 32.4 Å². The molecule has 1 aromatic rings. The van der Waals surface area contributed by atoms with E-state index in [1.165, 1.54) is 12.8 Å². The molecule has 0 bridgehead atoms. The summed E-state index contributed by atoms with van der Waals surface area (Å²) < 4.78 is 5.38. The molecule has 1 fully saturated rings. The largest absolute Gasteiger partial charge is 0.461 e. The standard InChI is InChI=1S/C17H26N2O2/c1-14(11-19(2)12-16-9-6-10-18-16)17(20)21-13-15-7-4-3-5-8-15/h3-5,7-8,14,16,18H,6,9-13H2,1-2H3. The van der Waals surface area contributed by atoms with Crippen LogP contribution in [0.3, 0.4) is 0 Å². The van der Waals surface area contributed by atoms with E-state index in [-0.39, 0.29) is 11.9 Å². The van der Waals surface area contributed by atoms with Gasteiger partial charge in [0, 0.05) is 19.1 Å². The van der Waals surface area contributed by atoms with E-state index in [0.717, 1.165) is 25.2 Å². The number of hydrogen-bond acceptors (Lipinski definition) is 4. The van der Waals surface area contributed by atoms with Crippen molar-refractivity contribution in [3.8, 4) is 0 Å². The topological polar surface area (TPSA) is 41.6 Å². The lowest BCUT2D eigenvalue weighted by atomic mass is 10.1. The number of likely N-dealkylation sites (N-methyl/N-ethyl adjacent to an activating group) is 1. The molecule has 0 aromatic heterocycles. The summed E-state index contributed by atoms with van der Waals surface area (Å²) in [6.07, 6.45) is 2.49. The van der Waals surface area contributed by atoms with Crippen LogP contribution in [0, 0.1) is 5.92 Å². The van der Waals surface area contributed by atoms with E-state index in [1.807, 2.05) is 37.3 Å². The molecule has 1 saturated heterocycles. The van der Waals surface area contributed by atoms with E-state index in [0.29, 0.717) is 12.6 Å². The van der Waals surface area contributed by atoms with Gasteiger partial charge in [-0.15, -0.1) is 0 Å². The molecule has 0 aliphatic carbocycles. The molecule has 116 valence electrons. The van der Waals surface area contributed by atoms with Crippen molar-refractivity contribution in [1.29, 1.82) is 0 Å². The highest BCUT2D eigenvalue weighted by molar-refractivity contribution is 5.72. The molecule has 1 aromatic carbocycles. The number of rotatable bonds is 7. The van der Waals surface area contributed by atoms with Crippen LogP contribution in [-0.4, -0.2) is 43.6 Å². The minimum atomic E-state index is -0.120. The zero-order chi connectivity index (χ0) is 15.1. The van der Waals surface area contributed by atoms with E-state index in [9.17, 15) is 4.79 Å². The molecule has 0 saturated carbocycles. The Bertz CT molecular complexity index is 430. The molecule has 1 heterocycles. The molecule has 0 amide bonds. The first-order valence-electron chi connectivity index (χ1n) is 7.77. The van der Waals surface area contributed by atoms with Crippen molar-refractivity contribution in [2.75, 3.05) is 26.7 Å². The lowest BCUT2D eigenvalue weighted by molar-refractivity contribution is -0.149. The van der Waals surface area contributed by atoms with E-state index in [2.05, 4.69) is 17.3 Å². The molecule has 4 heteroatoms. The fraction of sp³-hybridized carbons (Fsp3) is 0.588. The van der Waals surface area contributed by atoms with Crippen molar-refractivity contribution >= 4 is 5.97 Å². The third-order valence-corrected chi connectivity index (χ3v) is 3.91. The number of carbonyl (C=O) groups is 1. The average Bonchev–Trinajstić information content (AvgIpc) is 2.98. The summed E-state index contributed by atoms with van der Waals surface area (Å²) in [5, 5.41) is 3.48. The fourth-order valence-electron chi connectivity index (χ4n) is 2.78. The van der Waals surface area contributed by atoms with Gasteiger partial charge in [-0.25, -0.2) is 0 Å². The van der Waals surface area contributed by atoms with Gasteiger partial charge in [-0.05, 0) is 32.0 Å². The van der Waals surface area contributed by atoms with Gasteiger partial charge in [0.25, 0.3) is 0 Å². The van der Waals surface area contributed by atoms with Crippen LogP contribution in [0.1, 0.15) is 25.3 Å². The van der Waals surface area contributed by atoms with E-state index < -0.39 is 0 Å². The number of carbonyl (C=O) groups excluding carboxylic acids is 1. The predicted octanol–water partition coefficient (Wildman–Crippen LogP) is 2.05. The molecular formula is C17H26N2O2. The van der Waals surface area contributed by atoms with Crippen LogP contribution in [-0.2, 0) is 16.1 Å². The fourth-order valence-corrected chi connectivity index (χ4v) is 2.78. The lowest BCUT2D eigenvalue weighted by Crippen LogP contribution is -2.38. The third-order valence-electron chi connectivity index (χ3n) is 3.91. The Balaban J connectivity index is 1.69. The predicted molar refractivity (Wildman–Crippen MR) is 83.9 cm³/mol. The summed E-state index contributed by atoms with van der Waals surface area (Å²) in [7, 11) is 2.07. The van der Waals surface area contributed by atoms with Gasteiger partial charge in [0.1, 0.15) is 6.61 Å². The molecular weight excluding hydrogens is 264 g/mol. The van der Waals surface area contributed by atoms with Gasteiger partial charge in [0.05, 0.1) is 5.92 Å². The Morgan fingerprint density at radius 3 is 2.86 bits per heavy atom. The molecule has 4 nitrogen and oxygen atoms in total. The second-order valence-electron chi connectivity index (χ2n) is 6.01. The third kappa shape index (κ3) is 5.48. The molecule has 1 N–H and O–H groups in total. The van der Waals surface area contributed by atoms with Crippen LogP contribution in [0.15, 0.2) is 30.3 Å². The van der Waals surface area contributed by atoms with Crippen LogP contribution < -0.4 is 5.32 Å². The SMILES string of the molecule is CC(CN(C)CC1CCCN1)C(=O)OCc1ccccc1. The first-order chi connectivity index (χ1) is 10.1. The molecule has 0 radical (unpaired) electrons. The number of nitrogens with zero attached hydrogens (tertiary/aromatic N) is 1. The van der Waals surface area contributed by atoms with Gasteiger partial charge in [0.2, 0.25) is 0 Å². The number of benzene rings is 1. The highest BCUT2D eigenvalue weighted by atomic mass is 16.5. The monoisotopic (exact) mass is 290 g/mol. The van der Waals surface area contributed by atoms with Crippen LogP contribution >= 0.6 is 0 Å². The molecule has 2 rings (SSSR count). The van der Waals surface area contributed by atoms with Crippen molar-refractivity contribution in [2.24, 2.45) is 5.92 Å². The van der Waals surface area contributed by atoms with Crippen LogP contribution in [0.5, 0.6) is 0 Å². The van der Waals surface area contributed by atoms with Crippen molar-refractivity contribution < 1.29 is 9.53 Å². The Hall–Kier alpha value is -1.39. The normalized spacial score (nSPS) is 19.7. The van der Waals surface area contributed by atoms with E-state index in [1.54, 1.807) is 0 Å². The molecule has 0 spiro atoms. The Morgan fingerprint density at radius 2 is 2.19 bits per heavy atom. The van der Waals surface area contributed by atoms with Gasteiger partial charge in [0.15, 0.2) is 0 Å². The summed E-state index contributed by atoms with van der Waals surface area (Å²) >= 11 is 0. The van der Waals surface area contributed by atoms with E-state index >= 15 is 0 Å². The van der Waals surface area contributed by atoms with E-state index in [4.69, 9.17) is 4.74 Å². The second-order valence-corrected chi connectivity index (χ2v) is 6.01. The molecule has 2 unspecified atom stereocenters. The molecule has 21 heavy (non-hydrogen) atoms.